The number of nitrogens with one attached hydrogen (secondary N) is 1. The summed E-state index contributed by atoms with van der Waals surface area (Å²) >= 11 is 0. The van der Waals surface area contributed by atoms with Crippen molar-refractivity contribution in [3.05, 3.63) is 52.0 Å². The minimum atomic E-state index is -0.310. The number of carbonyl (C=O) groups excluding carboxylic acids is 1. The van der Waals surface area contributed by atoms with Crippen LogP contribution in [0.5, 0.6) is 0 Å². The van der Waals surface area contributed by atoms with Gasteiger partial charge in [0.05, 0.1) is 6.61 Å². The van der Waals surface area contributed by atoms with Crippen molar-refractivity contribution < 1.29 is 9.53 Å². The van der Waals surface area contributed by atoms with Crippen LogP contribution in [0, 0.1) is 0 Å². The first kappa shape index (κ1) is 19.4. The number of pyridine rings is 1. The molecule has 1 saturated heterocycles. The van der Waals surface area contributed by atoms with Crippen molar-refractivity contribution >= 4 is 5.91 Å². The number of ether oxygens (including phenoxy) is 1. The number of nitrogens with zero attached hydrogens (tertiary/aromatic N) is 3. The average Bonchev–Trinajstić information content (AvgIpc) is 3.14. The van der Waals surface area contributed by atoms with Crippen LogP contribution in [0.3, 0.4) is 0 Å². The Labute approximate surface area is 159 Å². The molecular weight excluding hydrogens is 344 g/mol. The van der Waals surface area contributed by atoms with Gasteiger partial charge in [0.1, 0.15) is 11.4 Å². The number of imidazole rings is 1. The quantitative estimate of drug-likeness (QED) is 0.844. The maximum atomic E-state index is 12.9. The predicted molar refractivity (Wildman–Crippen MR) is 103 cm³/mol. The van der Waals surface area contributed by atoms with Gasteiger partial charge in [-0.1, -0.05) is 13.8 Å². The number of aromatic amines is 1. The summed E-state index contributed by atoms with van der Waals surface area (Å²) < 4.78 is 7.25. The molecule has 0 bridgehead atoms. The van der Waals surface area contributed by atoms with E-state index < -0.39 is 0 Å². The summed E-state index contributed by atoms with van der Waals surface area (Å²) in [6.07, 6.45) is 5.62. The van der Waals surface area contributed by atoms with Crippen LogP contribution in [0.1, 0.15) is 60.4 Å². The van der Waals surface area contributed by atoms with Crippen LogP contribution in [-0.4, -0.2) is 52.1 Å². The Morgan fingerprint density at radius 1 is 1.41 bits per heavy atom. The van der Waals surface area contributed by atoms with Crippen molar-refractivity contribution in [3.8, 4) is 0 Å². The Kier molecular flexibility index (Phi) is 6.11. The Balaban J connectivity index is 1.76. The van der Waals surface area contributed by atoms with Crippen LogP contribution in [0.4, 0.5) is 0 Å². The Morgan fingerprint density at radius 2 is 2.22 bits per heavy atom. The molecule has 1 aliphatic rings. The van der Waals surface area contributed by atoms with Gasteiger partial charge in [0, 0.05) is 50.7 Å². The molecule has 1 aliphatic heterocycles. The summed E-state index contributed by atoms with van der Waals surface area (Å²) in [4.78, 5) is 34.4. The van der Waals surface area contributed by atoms with Crippen LogP contribution in [0.25, 0.3) is 0 Å². The van der Waals surface area contributed by atoms with E-state index >= 15 is 0 Å². The monoisotopic (exact) mass is 372 g/mol. The molecule has 1 amide bonds. The molecule has 0 spiro atoms. The van der Waals surface area contributed by atoms with Gasteiger partial charge in [0.15, 0.2) is 0 Å². The molecule has 0 radical (unpaired) electrons. The van der Waals surface area contributed by atoms with Crippen LogP contribution in [-0.2, 0) is 11.3 Å². The molecule has 0 aromatic carbocycles. The number of hydrogen-bond donors (Lipinski definition) is 1. The topological polar surface area (TPSA) is 80.2 Å². The van der Waals surface area contributed by atoms with Gasteiger partial charge in [-0.15, -0.1) is 0 Å². The number of amides is 1. The lowest BCUT2D eigenvalue weighted by molar-refractivity contribution is 0.0700. The van der Waals surface area contributed by atoms with Crippen LogP contribution in [0.2, 0.25) is 0 Å². The van der Waals surface area contributed by atoms with E-state index in [1.807, 2.05) is 26.1 Å². The van der Waals surface area contributed by atoms with E-state index in [1.165, 1.54) is 0 Å². The highest BCUT2D eigenvalue weighted by atomic mass is 16.5. The van der Waals surface area contributed by atoms with Crippen molar-refractivity contribution in [2.24, 2.45) is 0 Å². The zero-order valence-corrected chi connectivity index (χ0v) is 16.3. The van der Waals surface area contributed by atoms with E-state index in [0.717, 1.165) is 30.9 Å². The van der Waals surface area contributed by atoms with Gasteiger partial charge in [-0.2, -0.15) is 0 Å². The number of hydrogen-bond acceptors (Lipinski definition) is 4. The number of carbonyl (C=O) groups is 1. The Hall–Kier alpha value is -2.41. The van der Waals surface area contributed by atoms with Crippen LogP contribution >= 0.6 is 0 Å². The van der Waals surface area contributed by atoms with Gasteiger partial charge in [-0.05, 0) is 30.9 Å². The van der Waals surface area contributed by atoms with Gasteiger partial charge < -0.3 is 19.2 Å². The number of piperidine rings is 1. The number of likely N-dealkylation sites (tertiary alicyclic amines) is 1. The smallest absolute Gasteiger partial charge is 0.261 e. The summed E-state index contributed by atoms with van der Waals surface area (Å²) in [6, 6.07) is 3.48. The van der Waals surface area contributed by atoms with Gasteiger partial charge in [0.2, 0.25) is 0 Å². The first-order valence-corrected chi connectivity index (χ1v) is 9.53. The summed E-state index contributed by atoms with van der Waals surface area (Å²) in [5.74, 6) is 1.16. The third-order valence-corrected chi connectivity index (χ3v) is 5.14. The lowest BCUT2D eigenvalue weighted by atomic mass is 9.96. The largest absolute Gasteiger partial charge is 0.383 e. The highest BCUT2D eigenvalue weighted by Gasteiger charge is 2.29. The SMILES string of the molecule is COCCn1ccnc1C1CCCN(C(=O)c2ccc(C(C)C)[nH]c2=O)C1. The second kappa shape index (κ2) is 8.52. The summed E-state index contributed by atoms with van der Waals surface area (Å²) in [5, 5.41) is 0. The molecule has 3 heterocycles. The third kappa shape index (κ3) is 4.30. The third-order valence-electron chi connectivity index (χ3n) is 5.14. The van der Waals surface area contributed by atoms with Crippen molar-refractivity contribution in [3.63, 3.8) is 0 Å². The van der Waals surface area contributed by atoms with Crippen LogP contribution < -0.4 is 5.56 Å². The maximum absolute atomic E-state index is 12.9. The molecule has 2 aromatic rings. The summed E-state index contributed by atoms with van der Waals surface area (Å²) in [5.41, 5.74) is 0.742. The number of methoxy groups -OCH3 is 1. The first-order valence-electron chi connectivity index (χ1n) is 9.53. The highest BCUT2D eigenvalue weighted by Crippen LogP contribution is 2.26. The van der Waals surface area contributed by atoms with E-state index in [1.54, 1.807) is 24.3 Å². The molecule has 0 aliphatic carbocycles. The van der Waals surface area contributed by atoms with E-state index in [0.29, 0.717) is 19.7 Å². The zero-order valence-electron chi connectivity index (χ0n) is 16.3. The molecule has 27 heavy (non-hydrogen) atoms. The molecule has 146 valence electrons. The van der Waals surface area contributed by atoms with Crippen molar-refractivity contribution in [1.82, 2.24) is 19.4 Å². The van der Waals surface area contributed by atoms with Crippen molar-refractivity contribution in [1.29, 1.82) is 0 Å². The minimum Gasteiger partial charge on any atom is -0.383 e. The molecular formula is C20H28N4O3. The fourth-order valence-corrected chi connectivity index (χ4v) is 3.60. The number of H-pyrrole nitrogens is 1. The lowest BCUT2D eigenvalue weighted by Gasteiger charge is -2.32. The molecule has 1 atom stereocenters. The standard InChI is InChI=1S/C20H28N4O3/c1-14(2)17-7-6-16(19(25)22-17)20(26)24-9-4-5-15(13-24)18-21-8-10-23(18)11-12-27-3/h6-8,10,14-15H,4-5,9,11-13H2,1-3H3,(H,22,25). The van der Waals surface area contributed by atoms with E-state index in [-0.39, 0.29) is 28.9 Å². The molecule has 1 N–H and O–H groups in total. The van der Waals surface area contributed by atoms with Gasteiger partial charge in [-0.3, -0.25) is 9.59 Å². The predicted octanol–water partition coefficient (Wildman–Crippen LogP) is 2.36. The molecule has 2 aromatic heterocycles. The number of rotatable bonds is 6. The Bertz CT molecular complexity index is 840. The molecule has 1 fully saturated rings. The lowest BCUT2D eigenvalue weighted by Crippen LogP contribution is -2.41. The number of aromatic nitrogens is 3. The maximum Gasteiger partial charge on any atom is 0.261 e. The fourth-order valence-electron chi connectivity index (χ4n) is 3.60. The van der Waals surface area contributed by atoms with Gasteiger partial charge in [-0.25, -0.2) is 4.98 Å². The normalized spacial score (nSPS) is 17.5. The second-order valence-electron chi connectivity index (χ2n) is 7.37. The Morgan fingerprint density at radius 3 is 2.93 bits per heavy atom. The van der Waals surface area contributed by atoms with E-state index in [9.17, 15) is 9.59 Å². The first-order chi connectivity index (χ1) is 13.0. The zero-order chi connectivity index (χ0) is 19.4. The molecule has 7 heteroatoms. The van der Waals surface area contributed by atoms with Crippen LogP contribution in [0.15, 0.2) is 29.3 Å². The molecule has 1 unspecified atom stereocenters. The highest BCUT2D eigenvalue weighted by molar-refractivity contribution is 5.94. The minimum absolute atomic E-state index is 0.170. The fraction of sp³-hybridized carbons (Fsp3) is 0.550. The van der Waals surface area contributed by atoms with Crippen molar-refractivity contribution in [2.45, 2.75) is 45.1 Å². The molecule has 7 nitrogen and oxygen atoms in total. The van der Waals surface area contributed by atoms with E-state index in [4.69, 9.17) is 4.74 Å². The summed E-state index contributed by atoms with van der Waals surface area (Å²) in [7, 11) is 1.68. The van der Waals surface area contributed by atoms with E-state index in [2.05, 4.69) is 14.5 Å². The molecule has 0 saturated carbocycles. The van der Waals surface area contributed by atoms with Crippen molar-refractivity contribution in [2.75, 3.05) is 26.8 Å². The molecule has 3 rings (SSSR count). The van der Waals surface area contributed by atoms with Gasteiger partial charge in [0.25, 0.3) is 11.5 Å². The average molecular weight is 372 g/mol. The van der Waals surface area contributed by atoms with Gasteiger partial charge >= 0.3 is 0 Å². The summed E-state index contributed by atoms with van der Waals surface area (Å²) in [6.45, 7) is 6.62. The second-order valence-corrected chi connectivity index (χ2v) is 7.37.